The first kappa shape index (κ1) is 13.2. The highest BCUT2D eigenvalue weighted by atomic mass is 35.5. The van der Waals surface area contributed by atoms with Crippen molar-refractivity contribution in [2.24, 2.45) is 5.92 Å². The van der Waals surface area contributed by atoms with Gasteiger partial charge in [-0.15, -0.1) is 0 Å². The minimum atomic E-state index is -0.0458. The lowest BCUT2D eigenvalue weighted by Gasteiger charge is -2.16. The Labute approximate surface area is 111 Å². The van der Waals surface area contributed by atoms with Crippen LogP contribution in [0.1, 0.15) is 16.8 Å². The van der Waals surface area contributed by atoms with Gasteiger partial charge in [0.2, 0.25) is 0 Å². The van der Waals surface area contributed by atoms with Gasteiger partial charge in [-0.05, 0) is 24.6 Å². The number of carbonyl (C=O) groups is 1. The molecule has 1 fully saturated rings. The number of rotatable bonds is 3. The Balaban J connectivity index is 2.05. The van der Waals surface area contributed by atoms with E-state index in [0.717, 1.165) is 13.0 Å². The lowest BCUT2D eigenvalue weighted by molar-refractivity contribution is 0.0775. The van der Waals surface area contributed by atoms with Crippen molar-refractivity contribution in [3.05, 3.63) is 28.8 Å². The van der Waals surface area contributed by atoms with Crippen LogP contribution in [0.4, 0.5) is 0 Å². The Bertz CT molecular complexity index is 450. The highest BCUT2D eigenvalue weighted by Crippen LogP contribution is 2.25. The third-order valence-electron chi connectivity index (χ3n) is 3.17. The zero-order valence-corrected chi connectivity index (χ0v) is 11.0. The average Bonchev–Trinajstić information content (AvgIpc) is 2.81. The number of phenols is 1. The molecule has 1 unspecified atom stereocenters. The second-order valence-corrected chi connectivity index (χ2v) is 4.93. The van der Waals surface area contributed by atoms with Gasteiger partial charge in [0.25, 0.3) is 5.91 Å². The van der Waals surface area contributed by atoms with E-state index in [9.17, 15) is 9.90 Å². The van der Waals surface area contributed by atoms with E-state index in [2.05, 4.69) is 0 Å². The molecule has 4 nitrogen and oxygen atoms in total. The molecule has 1 N–H and O–H groups in total. The predicted molar refractivity (Wildman–Crippen MR) is 69.0 cm³/mol. The zero-order valence-electron chi connectivity index (χ0n) is 10.2. The van der Waals surface area contributed by atoms with Crippen LogP contribution in [0.15, 0.2) is 18.2 Å². The molecule has 0 aromatic heterocycles. The first-order chi connectivity index (χ1) is 8.61. The fraction of sp³-hybridized carbons (Fsp3) is 0.462. The monoisotopic (exact) mass is 269 g/mol. The predicted octanol–water partition coefficient (Wildman–Crippen LogP) is 2.15. The van der Waals surface area contributed by atoms with Crippen LogP contribution in [0.3, 0.4) is 0 Å². The van der Waals surface area contributed by atoms with Gasteiger partial charge in [0.05, 0.1) is 11.6 Å². The van der Waals surface area contributed by atoms with Crippen molar-refractivity contribution in [3.63, 3.8) is 0 Å². The molecule has 98 valence electrons. The number of hydrogen-bond donors (Lipinski definition) is 1. The molecule has 0 radical (unpaired) electrons. The number of benzene rings is 1. The van der Waals surface area contributed by atoms with Crippen molar-refractivity contribution in [2.75, 3.05) is 26.8 Å². The molecule has 0 spiro atoms. The topological polar surface area (TPSA) is 49.8 Å². The van der Waals surface area contributed by atoms with Gasteiger partial charge in [-0.3, -0.25) is 4.79 Å². The summed E-state index contributed by atoms with van der Waals surface area (Å²) < 4.78 is 5.10. The van der Waals surface area contributed by atoms with Crippen LogP contribution in [-0.4, -0.2) is 42.7 Å². The summed E-state index contributed by atoms with van der Waals surface area (Å²) in [6, 6.07) is 4.54. The van der Waals surface area contributed by atoms with Gasteiger partial charge < -0.3 is 14.7 Å². The molecule has 18 heavy (non-hydrogen) atoms. The zero-order chi connectivity index (χ0) is 13.1. The number of halogens is 1. The summed E-state index contributed by atoms with van der Waals surface area (Å²) >= 11 is 5.80. The van der Waals surface area contributed by atoms with Crippen LogP contribution in [0.5, 0.6) is 5.75 Å². The molecule has 1 atom stereocenters. The molecule has 1 aliphatic rings. The summed E-state index contributed by atoms with van der Waals surface area (Å²) in [4.78, 5) is 14.0. The molecule has 0 saturated carbocycles. The number of carbonyl (C=O) groups excluding carboxylic acids is 1. The number of phenolic OH excluding ortho intramolecular Hbond substituents is 1. The number of methoxy groups -OCH3 is 1. The van der Waals surface area contributed by atoms with Crippen molar-refractivity contribution in [1.82, 2.24) is 4.90 Å². The quantitative estimate of drug-likeness (QED) is 0.915. The highest BCUT2D eigenvalue weighted by Gasteiger charge is 2.27. The Morgan fingerprint density at radius 2 is 2.39 bits per heavy atom. The number of likely N-dealkylation sites (tertiary alicyclic amines) is 1. The normalized spacial score (nSPS) is 19.2. The standard InChI is InChI=1S/C13H16ClNO3/c1-18-8-9-4-5-15(7-9)13(17)10-2-3-12(16)11(14)6-10/h2-3,6,9,16H,4-5,7-8H2,1H3. The molecule has 0 aliphatic carbocycles. The van der Waals surface area contributed by atoms with Crippen molar-refractivity contribution in [1.29, 1.82) is 0 Å². The molecule has 1 amide bonds. The van der Waals surface area contributed by atoms with Crippen molar-refractivity contribution in [3.8, 4) is 5.75 Å². The molecule has 2 rings (SSSR count). The van der Waals surface area contributed by atoms with Crippen LogP contribution in [0, 0.1) is 5.92 Å². The molecule has 1 aromatic carbocycles. The van der Waals surface area contributed by atoms with Crippen LogP contribution < -0.4 is 0 Å². The van der Waals surface area contributed by atoms with E-state index in [0.29, 0.717) is 24.6 Å². The van der Waals surface area contributed by atoms with E-state index in [-0.39, 0.29) is 16.7 Å². The lowest BCUT2D eigenvalue weighted by atomic mass is 10.1. The third kappa shape index (κ3) is 2.76. The van der Waals surface area contributed by atoms with Crippen molar-refractivity contribution >= 4 is 17.5 Å². The minimum Gasteiger partial charge on any atom is -0.506 e. The Morgan fingerprint density at radius 1 is 1.61 bits per heavy atom. The summed E-state index contributed by atoms with van der Waals surface area (Å²) in [6.07, 6.45) is 0.964. The second kappa shape index (κ2) is 5.59. The molecule has 1 aliphatic heterocycles. The van der Waals surface area contributed by atoms with Crippen LogP contribution in [-0.2, 0) is 4.74 Å². The Morgan fingerprint density at radius 3 is 3.06 bits per heavy atom. The maximum atomic E-state index is 12.2. The lowest BCUT2D eigenvalue weighted by Crippen LogP contribution is -2.29. The minimum absolute atomic E-state index is 0.00750. The maximum Gasteiger partial charge on any atom is 0.253 e. The fourth-order valence-electron chi connectivity index (χ4n) is 2.21. The van der Waals surface area contributed by atoms with Crippen LogP contribution >= 0.6 is 11.6 Å². The molecular formula is C13H16ClNO3. The van der Waals surface area contributed by atoms with E-state index in [4.69, 9.17) is 16.3 Å². The summed E-state index contributed by atoms with van der Waals surface area (Å²) in [7, 11) is 1.67. The van der Waals surface area contributed by atoms with Gasteiger partial charge in [0, 0.05) is 31.7 Å². The number of nitrogens with zero attached hydrogens (tertiary/aromatic N) is 1. The summed E-state index contributed by atoms with van der Waals surface area (Å²) in [5, 5.41) is 9.53. The maximum absolute atomic E-state index is 12.2. The van der Waals surface area contributed by atoms with Gasteiger partial charge in [0.15, 0.2) is 0 Å². The van der Waals surface area contributed by atoms with E-state index in [1.165, 1.54) is 12.1 Å². The van der Waals surface area contributed by atoms with E-state index in [1.54, 1.807) is 18.1 Å². The third-order valence-corrected chi connectivity index (χ3v) is 3.47. The number of ether oxygens (including phenoxy) is 1. The molecule has 1 heterocycles. The number of aromatic hydroxyl groups is 1. The number of amides is 1. The second-order valence-electron chi connectivity index (χ2n) is 4.53. The van der Waals surface area contributed by atoms with E-state index in [1.807, 2.05) is 0 Å². The molecule has 1 aromatic rings. The van der Waals surface area contributed by atoms with E-state index >= 15 is 0 Å². The van der Waals surface area contributed by atoms with Gasteiger partial charge >= 0.3 is 0 Å². The molecule has 1 saturated heterocycles. The molecule has 5 heteroatoms. The van der Waals surface area contributed by atoms with E-state index < -0.39 is 0 Å². The molecule has 0 bridgehead atoms. The smallest absolute Gasteiger partial charge is 0.253 e. The molecular weight excluding hydrogens is 254 g/mol. The van der Waals surface area contributed by atoms with Gasteiger partial charge in [-0.2, -0.15) is 0 Å². The summed E-state index contributed by atoms with van der Waals surface area (Å²) in [5.74, 6) is 0.355. The SMILES string of the molecule is COCC1CCN(C(=O)c2ccc(O)c(Cl)c2)C1. The first-order valence-electron chi connectivity index (χ1n) is 5.88. The summed E-state index contributed by atoms with van der Waals surface area (Å²) in [6.45, 7) is 2.14. The van der Waals surface area contributed by atoms with Gasteiger partial charge in [-0.1, -0.05) is 11.6 Å². The number of hydrogen-bond acceptors (Lipinski definition) is 3. The summed E-state index contributed by atoms with van der Waals surface area (Å²) in [5.41, 5.74) is 0.510. The van der Waals surface area contributed by atoms with Crippen LogP contribution in [0.25, 0.3) is 0 Å². The Hall–Kier alpha value is -1.26. The van der Waals surface area contributed by atoms with Crippen molar-refractivity contribution < 1.29 is 14.6 Å². The Kier molecular flexibility index (Phi) is 4.09. The highest BCUT2D eigenvalue weighted by molar-refractivity contribution is 6.32. The van der Waals surface area contributed by atoms with Crippen LogP contribution in [0.2, 0.25) is 5.02 Å². The fourth-order valence-corrected chi connectivity index (χ4v) is 2.39. The van der Waals surface area contributed by atoms with Crippen molar-refractivity contribution in [2.45, 2.75) is 6.42 Å². The largest absolute Gasteiger partial charge is 0.506 e. The first-order valence-corrected chi connectivity index (χ1v) is 6.26. The van der Waals surface area contributed by atoms with Gasteiger partial charge in [-0.25, -0.2) is 0 Å². The van der Waals surface area contributed by atoms with Gasteiger partial charge in [0.1, 0.15) is 5.75 Å². The average molecular weight is 270 g/mol.